The van der Waals surface area contributed by atoms with Crippen LogP contribution in [-0.4, -0.2) is 36.5 Å². The Balaban J connectivity index is 1.64. The summed E-state index contributed by atoms with van der Waals surface area (Å²) in [6, 6.07) is 15.7. The van der Waals surface area contributed by atoms with Gasteiger partial charge in [0.25, 0.3) is 5.91 Å². The number of methoxy groups -OCH3 is 2. The summed E-state index contributed by atoms with van der Waals surface area (Å²) in [7, 11) is 3.00. The van der Waals surface area contributed by atoms with Gasteiger partial charge in [-0.3, -0.25) is 9.59 Å². The molecule has 0 aliphatic carbocycles. The third kappa shape index (κ3) is 4.25. The number of amides is 1. The Morgan fingerprint density at radius 3 is 2.38 bits per heavy atom. The lowest BCUT2D eigenvalue weighted by molar-refractivity contribution is 0.0954. The van der Waals surface area contributed by atoms with Crippen LogP contribution in [0.1, 0.15) is 37.5 Å². The lowest BCUT2D eigenvalue weighted by Crippen LogP contribution is -2.17. The lowest BCUT2D eigenvalue weighted by Gasteiger charge is -2.08. The molecule has 4 aromatic rings. The van der Waals surface area contributed by atoms with E-state index in [1.54, 1.807) is 35.7 Å². The zero-order chi connectivity index (χ0) is 24.2. The summed E-state index contributed by atoms with van der Waals surface area (Å²) >= 11 is 0. The van der Waals surface area contributed by atoms with Gasteiger partial charge in [0.2, 0.25) is 5.78 Å². The number of carbonyl (C=O) groups excluding carboxylic acids is 2. The number of pyridine rings is 1. The maximum absolute atomic E-state index is 13.3. The number of benzene rings is 2. The Morgan fingerprint density at radius 1 is 0.971 bits per heavy atom. The second-order valence-corrected chi connectivity index (χ2v) is 7.45. The average molecular weight is 459 g/mol. The third-order valence-corrected chi connectivity index (χ3v) is 5.46. The topological polar surface area (TPSA) is 81.4 Å². The van der Waals surface area contributed by atoms with Crippen molar-refractivity contribution >= 4 is 23.4 Å². The van der Waals surface area contributed by atoms with Gasteiger partial charge in [-0.1, -0.05) is 6.07 Å². The highest BCUT2D eigenvalue weighted by molar-refractivity contribution is 6.12. The van der Waals surface area contributed by atoms with E-state index in [2.05, 4.69) is 10.5 Å². The van der Waals surface area contributed by atoms with Crippen molar-refractivity contribution in [3.63, 3.8) is 0 Å². The van der Waals surface area contributed by atoms with Crippen molar-refractivity contribution in [2.24, 2.45) is 5.10 Å². The largest absolute Gasteiger partial charge is 0.493 e. The van der Waals surface area contributed by atoms with E-state index in [4.69, 9.17) is 9.47 Å². The fourth-order valence-electron chi connectivity index (χ4n) is 3.74. The Morgan fingerprint density at radius 2 is 1.68 bits per heavy atom. The first-order valence-electron chi connectivity index (χ1n) is 10.4. The zero-order valence-corrected chi connectivity index (χ0v) is 18.8. The first-order valence-corrected chi connectivity index (χ1v) is 10.4. The number of rotatable bonds is 7. The van der Waals surface area contributed by atoms with E-state index >= 15 is 0 Å². The number of nitrogens with zero attached hydrogens (tertiary/aromatic N) is 2. The molecule has 0 fully saturated rings. The van der Waals surface area contributed by atoms with Crippen LogP contribution in [0, 0.1) is 12.7 Å². The molecule has 7 nitrogen and oxygen atoms in total. The van der Waals surface area contributed by atoms with Gasteiger partial charge in [-0.05, 0) is 67.1 Å². The number of hydrogen-bond donors (Lipinski definition) is 1. The van der Waals surface area contributed by atoms with Crippen LogP contribution < -0.4 is 14.9 Å². The fourth-order valence-corrected chi connectivity index (χ4v) is 3.74. The molecule has 0 unspecified atom stereocenters. The number of ketones is 1. The van der Waals surface area contributed by atoms with Gasteiger partial charge in [-0.25, -0.2) is 9.82 Å². The number of hydrogen-bond acceptors (Lipinski definition) is 5. The first-order chi connectivity index (χ1) is 16.4. The second kappa shape index (κ2) is 9.58. The average Bonchev–Trinajstić information content (AvgIpc) is 3.14. The van der Waals surface area contributed by atoms with Crippen molar-refractivity contribution in [3.05, 3.63) is 101 Å². The van der Waals surface area contributed by atoms with Gasteiger partial charge < -0.3 is 13.9 Å². The minimum atomic E-state index is -0.430. The molecule has 0 bridgehead atoms. The van der Waals surface area contributed by atoms with Crippen LogP contribution in [0.3, 0.4) is 0 Å². The van der Waals surface area contributed by atoms with Crippen molar-refractivity contribution < 1.29 is 23.5 Å². The molecule has 8 heteroatoms. The van der Waals surface area contributed by atoms with Gasteiger partial charge in [0.05, 0.1) is 31.6 Å². The summed E-state index contributed by atoms with van der Waals surface area (Å²) in [6.45, 7) is 1.81. The van der Waals surface area contributed by atoms with Crippen molar-refractivity contribution in [2.45, 2.75) is 6.92 Å². The molecule has 2 heterocycles. The molecule has 0 aliphatic heterocycles. The summed E-state index contributed by atoms with van der Waals surface area (Å²) in [5.41, 5.74) is 5.77. The van der Waals surface area contributed by atoms with Crippen molar-refractivity contribution in [1.29, 1.82) is 0 Å². The van der Waals surface area contributed by atoms with Gasteiger partial charge in [0, 0.05) is 22.9 Å². The van der Waals surface area contributed by atoms with Crippen LogP contribution >= 0.6 is 0 Å². The summed E-state index contributed by atoms with van der Waals surface area (Å²) in [5.74, 6) is -0.144. The summed E-state index contributed by atoms with van der Waals surface area (Å²) in [4.78, 5) is 25.8. The zero-order valence-electron chi connectivity index (χ0n) is 18.8. The standard InChI is InChI=1S/C26H22FN3O4/c1-16-20(15-28-29-26(32)18-9-12-22(33-2)23(14-18)34-3)21-6-4-5-13-30(21)24(16)25(31)17-7-10-19(27)11-8-17/h4-15H,1-3H3,(H,29,32). The van der Waals surface area contributed by atoms with E-state index < -0.39 is 11.7 Å². The van der Waals surface area contributed by atoms with Crippen LogP contribution in [0.5, 0.6) is 11.5 Å². The summed E-state index contributed by atoms with van der Waals surface area (Å²) in [5, 5.41) is 4.11. The van der Waals surface area contributed by atoms with Crippen LogP contribution in [0.4, 0.5) is 4.39 Å². The fraction of sp³-hybridized carbons (Fsp3) is 0.115. The van der Waals surface area contributed by atoms with Crippen molar-refractivity contribution in [1.82, 2.24) is 9.83 Å². The Labute approximate surface area is 195 Å². The molecule has 0 saturated carbocycles. The van der Waals surface area contributed by atoms with E-state index in [0.717, 1.165) is 5.52 Å². The van der Waals surface area contributed by atoms with Crippen LogP contribution in [-0.2, 0) is 0 Å². The molecule has 2 aromatic heterocycles. The van der Waals surface area contributed by atoms with Gasteiger partial charge in [-0.2, -0.15) is 5.10 Å². The lowest BCUT2D eigenvalue weighted by atomic mass is 10.0. The number of ether oxygens (including phenoxy) is 2. The molecule has 34 heavy (non-hydrogen) atoms. The van der Waals surface area contributed by atoms with Crippen LogP contribution in [0.25, 0.3) is 5.52 Å². The Bertz CT molecular complexity index is 1410. The minimum absolute atomic E-state index is 0.243. The molecule has 0 saturated heterocycles. The number of halogens is 1. The highest BCUT2D eigenvalue weighted by Gasteiger charge is 2.21. The Hall–Kier alpha value is -4.46. The molecule has 1 N–H and O–H groups in total. The molecule has 4 rings (SSSR count). The minimum Gasteiger partial charge on any atom is -0.493 e. The third-order valence-electron chi connectivity index (χ3n) is 5.46. The predicted octanol–water partition coefficient (Wildman–Crippen LogP) is 4.40. The highest BCUT2D eigenvalue weighted by atomic mass is 19.1. The first kappa shape index (κ1) is 22.7. The van der Waals surface area contributed by atoms with Gasteiger partial charge >= 0.3 is 0 Å². The van der Waals surface area contributed by atoms with Gasteiger partial charge in [-0.15, -0.1) is 0 Å². The molecule has 0 atom stereocenters. The number of nitrogens with one attached hydrogen (secondary N) is 1. The number of fused-ring (bicyclic) bond motifs is 1. The van der Waals surface area contributed by atoms with E-state index in [0.29, 0.717) is 39.4 Å². The van der Waals surface area contributed by atoms with E-state index in [1.165, 1.54) is 44.7 Å². The molecule has 0 spiro atoms. The van der Waals surface area contributed by atoms with E-state index in [-0.39, 0.29) is 5.78 Å². The molecule has 1 amide bonds. The highest BCUT2D eigenvalue weighted by Crippen LogP contribution is 2.27. The van der Waals surface area contributed by atoms with Crippen molar-refractivity contribution in [2.75, 3.05) is 14.2 Å². The second-order valence-electron chi connectivity index (χ2n) is 7.45. The maximum atomic E-state index is 13.3. The quantitative estimate of drug-likeness (QED) is 0.252. The predicted molar refractivity (Wildman–Crippen MR) is 127 cm³/mol. The number of hydrazone groups is 1. The summed E-state index contributed by atoms with van der Waals surface area (Å²) in [6.07, 6.45) is 3.28. The smallest absolute Gasteiger partial charge is 0.271 e. The van der Waals surface area contributed by atoms with E-state index in [1.807, 2.05) is 18.2 Å². The molecular weight excluding hydrogens is 437 g/mol. The van der Waals surface area contributed by atoms with Gasteiger partial charge in [0.15, 0.2) is 11.5 Å². The van der Waals surface area contributed by atoms with E-state index in [9.17, 15) is 14.0 Å². The van der Waals surface area contributed by atoms with Crippen LogP contribution in [0.15, 0.2) is 72.0 Å². The normalized spacial score (nSPS) is 11.1. The number of aromatic nitrogens is 1. The molecule has 0 radical (unpaired) electrons. The van der Waals surface area contributed by atoms with Gasteiger partial charge in [0.1, 0.15) is 5.82 Å². The molecule has 0 aliphatic rings. The Kier molecular flexibility index (Phi) is 6.40. The number of carbonyl (C=O) groups is 2. The maximum Gasteiger partial charge on any atom is 0.271 e. The monoisotopic (exact) mass is 459 g/mol. The van der Waals surface area contributed by atoms with Crippen molar-refractivity contribution in [3.8, 4) is 11.5 Å². The molecule has 172 valence electrons. The molecular formula is C26H22FN3O4. The van der Waals surface area contributed by atoms with Crippen LogP contribution in [0.2, 0.25) is 0 Å². The SMILES string of the molecule is COc1ccc(C(=O)NN=Cc2c(C)c(C(=O)c3ccc(F)cc3)n3ccccc23)cc1OC. The molecule has 2 aromatic carbocycles. The summed E-state index contributed by atoms with van der Waals surface area (Å²) < 4.78 is 25.5.